The largest absolute Gasteiger partial charge is 0.481 e. The normalized spacial score (nSPS) is 17.5. The van der Waals surface area contributed by atoms with Crippen LogP contribution in [-0.2, 0) is 9.53 Å². The molecule has 2 atom stereocenters. The molecule has 186 valence electrons. The topological polar surface area (TPSA) is 96.7 Å². The van der Waals surface area contributed by atoms with E-state index in [1.54, 1.807) is 16.8 Å². The van der Waals surface area contributed by atoms with Crippen molar-refractivity contribution in [2.24, 2.45) is 5.92 Å². The van der Waals surface area contributed by atoms with Gasteiger partial charge >= 0.3 is 5.97 Å². The zero-order chi connectivity index (χ0) is 24.9. The minimum atomic E-state index is -0.886. The molecule has 3 heterocycles. The van der Waals surface area contributed by atoms with Gasteiger partial charge < -0.3 is 24.6 Å². The smallest absolute Gasteiger partial charge is 0.305 e. The number of carboxylic acid groups (broad SMARTS) is 1. The molecule has 8 heteroatoms. The van der Waals surface area contributed by atoms with E-state index in [0.29, 0.717) is 19.1 Å². The number of aromatic nitrogens is 2. The van der Waals surface area contributed by atoms with Gasteiger partial charge in [0, 0.05) is 50.2 Å². The number of hydrogen-bond acceptors (Lipinski definition) is 6. The van der Waals surface area contributed by atoms with Crippen LogP contribution in [-0.4, -0.2) is 52.5 Å². The molecule has 0 radical (unpaired) electrons. The highest BCUT2D eigenvalue weighted by Gasteiger charge is 2.28. The van der Waals surface area contributed by atoms with Gasteiger partial charge in [-0.25, -0.2) is 0 Å². The van der Waals surface area contributed by atoms with E-state index in [4.69, 9.17) is 4.74 Å². The quantitative estimate of drug-likeness (QED) is 0.548. The Morgan fingerprint density at radius 3 is 2.71 bits per heavy atom. The van der Waals surface area contributed by atoms with Crippen molar-refractivity contribution >= 4 is 11.7 Å². The number of nitrogens with one attached hydrogen (secondary N) is 1. The summed E-state index contributed by atoms with van der Waals surface area (Å²) in [6.07, 6.45) is 6.11. The third-order valence-electron chi connectivity index (χ3n) is 6.16. The van der Waals surface area contributed by atoms with E-state index in [9.17, 15) is 14.7 Å². The summed E-state index contributed by atoms with van der Waals surface area (Å²) in [5.74, 6) is -0.504. The van der Waals surface area contributed by atoms with Crippen LogP contribution in [0.1, 0.15) is 63.7 Å². The fraction of sp³-hybridized carbons (Fsp3) is 0.577. The monoisotopic (exact) mass is 470 g/mol. The maximum absolute atomic E-state index is 12.6. The van der Waals surface area contributed by atoms with Crippen molar-refractivity contribution in [3.05, 3.63) is 58.3 Å². The first-order valence-electron chi connectivity index (χ1n) is 12.0. The fourth-order valence-electron chi connectivity index (χ4n) is 4.54. The second kappa shape index (κ2) is 11.1. The molecule has 0 spiro atoms. The molecule has 8 nitrogen and oxygen atoms in total. The summed E-state index contributed by atoms with van der Waals surface area (Å²) in [6.45, 7) is 12.9. The van der Waals surface area contributed by atoms with E-state index in [-0.39, 0.29) is 23.6 Å². The number of carboxylic acids is 1. The summed E-state index contributed by atoms with van der Waals surface area (Å²) in [7, 11) is 0. The minimum absolute atomic E-state index is 0.0409. The standard InChI is InChI=1S/C26H38N4O4/c1-18(2)10-22(30-7-6-19(3)11-24(30)31)16-28-23(13-25(32)33)20-12-21(15-27-14-20)29-8-9-34-26(4,5)17-29/h6-7,11-12,14-15,18,22-23,28H,8-10,13,16-17H2,1-5H3,(H,32,33)/t22?,23-/m0/s1. The molecule has 0 bridgehead atoms. The Kier molecular flexibility index (Phi) is 8.49. The van der Waals surface area contributed by atoms with Gasteiger partial charge in [-0.15, -0.1) is 0 Å². The Morgan fingerprint density at radius 2 is 2.06 bits per heavy atom. The van der Waals surface area contributed by atoms with Crippen LogP contribution >= 0.6 is 0 Å². The van der Waals surface area contributed by atoms with Gasteiger partial charge in [-0.1, -0.05) is 13.8 Å². The van der Waals surface area contributed by atoms with Crippen molar-refractivity contribution in [3.63, 3.8) is 0 Å². The van der Waals surface area contributed by atoms with Crippen LogP contribution in [0.15, 0.2) is 41.6 Å². The molecule has 1 fully saturated rings. The number of rotatable bonds is 10. The van der Waals surface area contributed by atoms with E-state index in [1.165, 1.54) is 0 Å². The Morgan fingerprint density at radius 1 is 1.29 bits per heavy atom. The molecule has 34 heavy (non-hydrogen) atoms. The number of ether oxygens (including phenoxy) is 1. The van der Waals surface area contributed by atoms with Crippen LogP contribution in [0.5, 0.6) is 0 Å². The van der Waals surface area contributed by atoms with Crippen LogP contribution in [0.3, 0.4) is 0 Å². The zero-order valence-corrected chi connectivity index (χ0v) is 21.0. The number of hydrogen-bond donors (Lipinski definition) is 2. The predicted molar refractivity (Wildman–Crippen MR) is 133 cm³/mol. The fourth-order valence-corrected chi connectivity index (χ4v) is 4.54. The summed E-state index contributed by atoms with van der Waals surface area (Å²) in [5.41, 5.74) is 2.41. The van der Waals surface area contributed by atoms with Gasteiger partial charge in [-0.3, -0.25) is 14.6 Å². The molecule has 0 amide bonds. The van der Waals surface area contributed by atoms with E-state index in [0.717, 1.165) is 36.3 Å². The van der Waals surface area contributed by atoms with Crippen LogP contribution in [0.4, 0.5) is 5.69 Å². The summed E-state index contributed by atoms with van der Waals surface area (Å²) < 4.78 is 7.58. The van der Waals surface area contributed by atoms with E-state index >= 15 is 0 Å². The lowest BCUT2D eigenvalue weighted by Crippen LogP contribution is -2.48. The first-order chi connectivity index (χ1) is 16.0. The van der Waals surface area contributed by atoms with E-state index < -0.39 is 12.0 Å². The Bertz CT molecular complexity index is 1030. The van der Waals surface area contributed by atoms with Crippen LogP contribution in [0, 0.1) is 12.8 Å². The number of pyridine rings is 2. The average Bonchev–Trinajstić information content (AvgIpc) is 2.75. The predicted octanol–water partition coefficient (Wildman–Crippen LogP) is 3.56. The number of aliphatic carboxylic acids is 1. The van der Waals surface area contributed by atoms with Gasteiger partial charge in [-0.2, -0.15) is 0 Å². The summed E-state index contributed by atoms with van der Waals surface area (Å²) in [6, 6.07) is 5.08. The van der Waals surface area contributed by atoms with Gasteiger partial charge in [0.15, 0.2) is 0 Å². The number of aryl methyl sites for hydroxylation is 1. The van der Waals surface area contributed by atoms with Crippen molar-refractivity contribution in [2.75, 3.05) is 31.1 Å². The number of anilines is 1. The number of morpholine rings is 1. The number of carbonyl (C=O) groups is 1. The highest BCUT2D eigenvalue weighted by Crippen LogP contribution is 2.27. The summed E-state index contributed by atoms with van der Waals surface area (Å²) >= 11 is 0. The van der Waals surface area contributed by atoms with Crippen LogP contribution in [0.2, 0.25) is 0 Å². The highest BCUT2D eigenvalue weighted by atomic mass is 16.5. The third-order valence-corrected chi connectivity index (χ3v) is 6.16. The Labute approximate surface area is 202 Å². The molecule has 1 aliphatic rings. The molecule has 1 aliphatic heterocycles. The Balaban J connectivity index is 1.82. The second-order valence-electron chi connectivity index (χ2n) is 10.3. The second-order valence-corrected chi connectivity index (χ2v) is 10.3. The Hall–Kier alpha value is -2.71. The van der Waals surface area contributed by atoms with Crippen molar-refractivity contribution < 1.29 is 14.6 Å². The average molecular weight is 471 g/mol. The first-order valence-corrected chi connectivity index (χ1v) is 12.0. The summed E-state index contributed by atoms with van der Waals surface area (Å²) in [4.78, 5) is 31.0. The van der Waals surface area contributed by atoms with Gasteiger partial charge in [0.25, 0.3) is 5.56 Å². The van der Waals surface area contributed by atoms with E-state index in [2.05, 4.69) is 42.9 Å². The molecule has 3 rings (SSSR count). The molecule has 1 saturated heterocycles. The van der Waals surface area contributed by atoms with Gasteiger partial charge in [0.05, 0.1) is 30.5 Å². The summed E-state index contributed by atoms with van der Waals surface area (Å²) in [5, 5.41) is 13.0. The lowest BCUT2D eigenvalue weighted by atomic mass is 10.0. The first kappa shape index (κ1) is 25.9. The molecule has 0 aliphatic carbocycles. The van der Waals surface area contributed by atoms with Gasteiger partial charge in [0.1, 0.15) is 0 Å². The molecule has 2 aromatic heterocycles. The SMILES string of the molecule is Cc1ccn(C(CN[C@@H](CC(=O)O)c2cncc(N3CCOC(C)(C)C3)c2)CC(C)C)c(=O)c1. The van der Waals surface area contributed by atoms with E-state index in [1.807, 2.05) is 31.5 Å². The van der Waals surface area contributed by atoms with Crippen molar-refractivity contribution in [3.8, 4) is 0 Å². The molecule has 2 N–H and O–H groups in total. The van der Waals surface area contributed by atoms with Crippen LogP contribution < -0.4 is 15.8 Å². The lowest BCUT2D eigenvalue weighted by molar-refractivity contribution is -0.137. The van der Waals surface area contributed by atoms with Gasteiger partial charge in [0.2, 0.25) is 0 Å². The third kappa shape index (κ3) is 7.14. The molecule has 0 saturated carbocycles. The van der Waals surface area contributed by atoms with Gasteiger partial charge in [-0.05, 0) is 56.4 Å². The maximum atomic E-state index is 12.6. The molecule has 2 aromatic rings. The molecular formula is C26H38N4O4. The molecule has 1 unspecified atom stereocenters. The minimum Gasteiger partial charge on any atom is -0.481 e. The highest BCUT2D eigenvalue weighted by molar-refractivity contribution is 5.68. The lowest BCUT2D eigenvalue weighted by Gasteiger charge is -2.39. The molecular weight excluding hydrogens is 432 g/mol. The molecule has 0 aromatic carbocycles. The van der Waals surface area contributed by atoms with Crippen LogP contribution in [0.25, 0.3) is 0 Å². The van der Waals surface area contributed by atoms with Crippen molar-refractivity contribution in [1.82, 2.24) is 14.9 Å². The maximum Gasteiger partial charge on any atom is 0.305 e. The zero-order valence-electron chi connectivity index (χ0n) is 21.0. The van der Waals surface area contributed by atoms with Crippen molar-refractivity contribution in [2.45, 2.75) is 65.1 Å². The number of nitrogens with zero attached hydrogens (tertiary/aromatic N) is 3. The van der Waals surface area contributed by atoms with Crippen molar-refractivity contribution in [1.29, 1.82) is 0 Å².